The third kappa shape index (κ3) is 5.76. The third-order valence-corrected chi connectivity index (χ3v) is 3.62. The van der Waals surface area contributed by atoms with Crippen LogP contribution in [0.25, 0.3) is 0 Å². The van der Waals surface area contributed by atoms with E-state index in [-0.39, 0.29) is 0 Å². The van der Waals surface area contributed by atoms with E-state index in [1.54, 1.807) is 0 Å². The fraction of sp³-hybridized carbons (Fsp3) is 0.385. The molecule has 0 aliphatic carbocycles. The molecule has 1 aromatic rings. The Balaban J connectivity index is 2.42. The van der Waals surface area contributed by atoms with E-state index >= 15 is 0 Å². The minimum atomic E-state index is -1.06. The first kappa shape index (κ1) is 15.5. The molecule has 3 N–H and O–H groups in total. The normalized spacial score (nSPS) is 13.7. The zero-order chi connectivity index (χ0) is 14.3. The Morgan fingerprint density at radius 3 is 2.37 bits per heavy atom. The van der Waals surface area contributed by atoms with Crippen LogP contribution in [0.15, 0.2) is 30.3 Å². The fourth-order valence-corrected chi connectivity index (χ4v) is 2.45. The lowest BCUT2D eigenvalue weighted by Gasteiger charge is -2.17. The van der Waals surface area contributed by atoms with Crippen LogP contribution in [-0.4, -0.2) is 40.0 Å². The number of hydrogen-bond acceptors (Lipinski definition) is 4. The van der Waals surface area contributed by atoms with E-state index in [1.807, 2.05) is 30.3 Å². The van der Waals surface area contributed by atoms with Crippen molar-refractivity contribution in [1.29, 1.82) is 0 Å². The molecule has 0 amide bonds. The Morgan fingerprint density at radius 1 is 1.21 bits per heavy atom. The Bertz CT molecular complexity index is 424. The summed E-state index contributed by atoms with van der Waals surface area (Å²) in [5, 5.41) is 20.4. The number of thioether (sulfide) groups is 1. The van der Waals surface area contributed by atoms with E-state index in [2.05, 4.69) is 5.32 Å². The first-order valence-corrected chi connectivity index (χ1v) is 6.99. The van der Waals surface area contributed by atoms with Crippen LogP contribution in [0.1, 0.15) is 12.5 Å². The lowest BCUT2D eigenvalue weighted by molar-refractivity contribution is -0.141. The lowest BCUT2D eigenvalue weighted by Crippen LogP contribution is -2.47. The van der Waals surface area contributed by atoms with E-state index in [4.69, 9.17) is 10.2 Å². The summed E-state index contributed by atoms with van der Waals surface area (Å²) in [5.74, 6) is -1.07. The van der Waals surface area contributed by atoms with Gasteiger partial charge in [0.05, 0.1) is 0 Å². The van der Waals surface area contributed by atoms with Crippen LogP contribution < -0.4 is 5.32 Å². The minimum absolute atomic E-state index is 0.321. The summed E-state index contributed by atoms with van der Waals surface area (Å²) in [7, 11) is 0. The van der Waals surface area contributed by atoms with Gasteiger partial charge in [-0.3, -0.25) is 14.9 Å². The van der Waals surface area contributed by atoms with Crippen molar-refractivity contribution in [3.8, 4) is 0 Å². The SMILES string of the molecule is CC(N[C@@H](CSCc1ccccc1)C(=O)O)C(=O)O. The average molecular weight is 283 g/mol. The molecule has 104 valence electrons. The highest BCUT2D eigenvalue weighted by Crippen LogP contribution is 2.13. The maximum atomic E-state index is 11.0. The fourth-order valence-electron chi connectivity index (χ4n) is 1.43. The quantitative estimate of drug-likeness (QED) is 0.669. The summed E-state index contributed by atoms with van der Waals surface area (Å²) in [4.78, 5) is 21.7. The zero-order valence-electron chi connectivity index (χ0n) is 10.6. The second-order valence-electron chi connectivity index (χ2n) is 4.12. The molecule has 1 rings (SSSR count). The topological polar surface area (TPSA) is 86.6 Å². The Morgan fingerprint density at radius 2 is 1.84 bits per heavy atom. The lowest BCUT2D eigenvalue weighted by atomic mass is 10.2. The maximum Gasteiger partial charge on any atom is 0.321 e. The van der Waals surface area contributed by atoms with Crippen LogP contribution in [0.2, 0.25) is 0 Å². The smallest absolute Gasteiger partial charge is 0.321 e. The van der Waals surface area contributed by atoms with Crippen molar-refractivity contribution >= 4 is 23.7 Å². The standard InChI is InChI=1S/C13H17NO4S/c1-9(12(15)16)14-11(13(17)18)8-19-7-10-5-3-2-4-6-10/h2-6,9,11,14H,7-8H2,1H3,(H,15,16)(H,17,18)/t9?,11-/m0/s1. The highest BCUT2D eigenvalue weighted by atomic mass is 32.2. The molecule has 0 aromatic heterocycles. The summed E-state index contributed by atoms with van der Waals surface area (Å²) in [6, 6.07) is 7.97. The molecule has 0 saturated carbocycles. The Hall–Kier alpha value is -1.53. The summed E-state index contributed by atoms with van der Waals surface area (Å²) in [5.41, 5.74) is 1.11. The van der Waals surface area contributed by atoms with Crippen molar-refractivity contribution in [3.05, 3.63) is 35.9 Å². The van der Waals surface area contributed by atoms with Crippen molar-refractivity contribution in [2.24, 2.45) is 0 Å². The van der Waals surface area contributed by atoms with Crippen LogP contribution in [0, 0.1) is 0 Å². The second kappa shape index (κ2) is 7.81. The molecule has 19 heavy (non-hydrogen) atoms. The molecule has 0 bridgehead atoms. The number of rotatable bonds is 8. The van der Waals surface area contributed by atoms with Gasteiger partial charge in [-0.15, -0.1) is 0 Å². The van der Waals surface area contributed by atoms with Crippen molar-refractivity contribution in [1.82, 2.24) is 5.32 Å². The van der Waals surface area contributed by atoms with Crippen molar-refractivity contribution in [2.75, 3.05) is 5.75 Å². The van der Waals surface area contributed by atoms with E-state index in [0.717, 1.165) is 5.56 Å². The Kier molecular flexibility index (Phi) is 6.38. The number of aliphatic carboxylic acids is 2. The van der Waals surface area contributed by atoms with Gasteiger partial charge < -0.3 is 10.2 Å². The van der Waals surface area contributed by atoms with Gasteiger partial charge in [0, 0.05) is 11.5 Å². The summed E-state index contributed by atoms with van der Waals surface area (Å²) >= 11 is 1.46. The van der Waals surface area contributed by atoms with Gasteiger partial charge >= 0.3 is 11.9 Å². The van der Waals surface area contributed by atoms with E-state index in [1.165, 1.54) is 18.7 Å². The molecule has 0 aliphatic rings. The van der Waals surface area contributed by atoms with Gasteiger partial charge in [-0.25, -0.2) is 0 Å². The molecular weight excluding hydrogens is 266 g/mol. The highest BCUT2D eigenvalue weighted by molar-refractivity contribution is 7.98. The van der Waals surface area contributed by atoms with Crippen LogP contribution in [0.4, 0.5) is 0 Å². The molecule has 1 aromatic carbocycles. The molecule has 5 nitrogen and oxygen atoms in total. The molecule has 0 saturated heterocycles. The number of carboxylic acids is 2. The van der Waals surface area contributed by atoms with Crippen LogP contribution in [0.3, 0.4) is 0 Å². The van der Waals surface area contributed by atoms with Gasteiger partial charge in [0.2, 0.25) is 0 Å². The Labute approximate surface area is 116 Å². The number of benzene rings is 1. The first-order valence-electron chi connectivity index (χ1n) is 5.84. The van der Waals surface area contributed by atoms with Gasteiger partial charge in [0.1, 0.15) is 12.1 Å². The molecule has 0 heterocycles. The molecular formula is C13H17NO4S. The van der Waals surface area contributed by atoms with Gasteiger partial charge in [0.25, 0.3) is 0 Å². The minimum Gasteiger partial charge on any atom is -0.480 e. The van der Waals surface area contributed by atoms with Crippen molar-refractivity contribution < 1.29 is 19.8 Å². The predicted octanol–water partition coefficient (Wildman–Crippen LogP) is 1.44. The van der Waals surface area contributed by atoms with E-state index in [9.17, 15) is 9.59 Å². The monoisotopic (exact) mass is 283 g/mol. The first-order chi connectivity index (χ1) is 9.00. The molecule has 0 radical (unpaired) electrons. The van der Waals surface area contributed by atoms with E-state index in [0.29, 0.717) is 11.5 Å². The van der Waals surface area contributed by atoms with E-state index < -0.39 is 24.0 Å². The van der Waals surface area contributed by atoms with Gasteiger partial charge in [-0.2, -0.15) is 11.8 Å². The van der Waals surface area contributed by atoms with Crippen LogP contribution in [-0.2, 0) is 15.3 Å². The van der Waals surface area contributed by atoms with Gasteiger partial charge in [-0.1, -0.05) is 30.3 Å². The predicted molar refractivity (Wildman–Crippen MR) is 74.3 cm³/mol. The van der Waals surface area contributed by atoms with Crippen molar-refractivity contribution in [3.63, 3.8) is 0 Å². The molecule has 2 atom stereocenters. The number of nitrogens with one attached hydrogen (secondary N) is 1. The van der Waals surface area contributed by atoms with Crippen molar-refractivity contribution in [2.45, 2.75) is 24.8 Å². The van der Waals surface area contributed by atoms with Crippen LogP contribution in [0.5, 0.6) is 0 Å². The molecule has 0 aliphatic heterocycles. The largest absolute Gasteiger partial charge is 0.480 e. The molecule has 0 fully saturated rings. The summed E-state index contributed by atoms with van der Waals surface area (Å²) in [6.45, 7) is 1.43. The maximum absolute atomic E-state index is 11.0. The van der Waals surface area contributed by atoms with Gasteiger partial charge in [0.15, 0.2) is 0 Å². The van der Waals surface area contributed by atoms with Gasteiger partial charge in [-0.05, 0) is 12.5 Å². The average Bonchev–Trinajstić information content (AvgIpc) is 2.38. The molecule has 0 spiro atoms. The van der Waals surface area contributed by atoms with Crippen LogP contribution >= 0.6 is 11.8 Å². The zero-order valence-corrected chi connectivity index (χ0v) is 11.4. The second-order valence-corrected chi connectivity index (χ2v) is 5.15. The molecule has 6 heteroatoms. The number of carbonyl (C=O) groups is 2. The highest BCUT2D eigenvalue weighted by Gasteiger charge is 2.22. The summed E-state index contributed by atoms with van der Waals surface area (Å²) < 4.78 is 0. The number of hydrogen-bond donors (Lipinski definition) is 3. The third-order valence-electron chi connectivity index (χ3n) is 2.52. The number of carboxylic acid groups (broad SMARTS) is 2. The summed E-state index contributed by atoms with van der Waals surface area (Å²) in [6.07, 6.45) is 0. The molecule has 1 unspecified atom stereocenters.